The summed E-state index contributed by atoms with van der Waals surface area (Å²) in [5.74, 6) is 0. The first-order valence-corrected chi connectivity index (χ1v) is 8.58. The normalized spacial score (nSPS) is 18.4. The number of aromatic nitrogens is 1. The quantitative estimate of drug-likeness (QED) is 0.793. The van der Waals surface area contributed by atoms with Crippen molar-refractivity contribution in [2.45, 2.75) is 51.4 Å². The van der Waals surface area contributed by atoms with Gasteiger partial charge in [0.1, 0.15) is 0 Å². The summed E-state index contributed by atoms with van der Waals surface area (Å²) in [5, 5.41) is 11.9. The summed E-state index contributed by atoms with van der Waals surface area (Å²) in [6, 6.07) is 8.23. The summed E-state index contributed by atoms with van der Waals surface area (Å²) in [6.07, 6.45) is 8.14. The van der Waals surface area contributed by atoms with Crippen molar-refractivity contribution in [1.29, 1.82) is 0 Å². The highest BCUT2D eigenvalue weighted by Crippen LogP contribution is 2.23. The van der Waals surface area contributed by atoms with Gasteiger partial charge in [0.05, 0.1) is 12.3 Å². The van der Waals surface area contributed by atoms with Gasteiger partial charge in [-0.05, 0) is 49.5 Å². The SMILES string of the molecule is OCc1ncc2ccccc2c1CCCCOC1CCCCO1. The number of unbranched alkanes of at least 4 members (excludes halogenated alkanes) is 1. The minimum Gasteiger partial charge on any atom is -0.390 e. The number of pyridine rings is 1. The Morgan fingerprint density at radius 2 is 2.13 bits per heavy atom. The number of aliphatic hydroxyl groups excluding tert-OH is 1. The summed E-state index contributed by atoms with van der Waals surface area (Å²) in [4.78, 5) is 4.40. The minimum absolute atomic E-state index is 0.00373. The van der Waals surface area contributed by atoms with Gasteiger partial charge in [-0.15, -0.1) is 0 Å². The fourth-order valence-electron chi connectivity index (χ4n) is 3.14. The minimum atomic E-state index is -0.00736. The first-order chi connectivity index (χ1) is 11.4. The van der Waals surface area contributed by atoms with Crippen LogP contribution in [0.15, 0.2) is 30.5 Å². The van der Waals surface area contributed by atoms with E-state index in [2.05, 4.69) is 17.1 Å². The lowest BCUT2D eigenvalue weighted by atomic mass is 9.99. The molecule has 0 spiro atoms. The molecule has 2 aromatic rings. The van der Waals surface area contributed by atoms with Crippen molar-refractivity contribution in [2.75, 3.05) is 13.2 Å². The molecule has 1 aliphatic rings. The van der Waals surface area contributed by atoms with Crippen molar-refractivity contribution < 1.29 is 14.6 Å². The lowest BCUT2D eigenvalue weighted by molar-refractivity contribution is -0.162. The Balaban J connectivity index is 1.54. The van der Waals surface area contributed by atoms with E-state index < -0.39 is 0 Å². The van der Waals surface area contributed by atoms with E-state index in [9.17, 15) is 5.11 Å². The molecule has 1 atom stereocenters. The highest BCUT2D eigenvalue weighted by atomic mass is 16.7. The predicted octanol–water partition coefficient (Wildman–Crippen LogP) is 3.59. The first kappa shape index (κ1) is 16.4. The van der Waals surface area contributed by atoms with Gasteiger partial charge in [-0.1, -0.05) is 24.3 Å². The van der Waals surface area contributed by atoms with Gasteiger partial charge >= 0.3 is 0 Å². The fourth-order valence-corrected chi connectivity index (χ4v) is 3.14. The molecule has 23 heavy (non-hydrogen) atoms. The molecule has 2 heterocycles. The number of rotatable bonds is 7. The number of aliphatic hydroxyl groups is 1. The molecule has 0 amide bonds. The second-order valence-corrected chi connectivity index (χ2v) is 6.05. The first-order valence-electron chi connectivity index (χ1n) is 8.58. The van der Waals surface area contributed by atoms with Crippen molar-refractivity contribution in [3.05, 3.63) is 41.7 Å². The molecule has 1 N–H and O–H groups in total. The van der Waals surface area contributed by atoms with Crippen LogP contribution >= 0.6 is 0 Å². The third kappa shape index (κ3) is 4.28. The Labute approximate surface area is 137 Å². The van der Waals surface area contributed by atoms with Crippen molar-refractivity contribution in [3.63, 3.8) is 0 Å². The average molecular weight is 315 g/mol. The van der Waals surface area contributed by atoms with Crippen molar-refractivity contribution in [2.24, 2.45) is 0 Å². The second kappa shape index (κ2) is 8.39. The molecule has 4 nitrogen and oxygen atoms in total. The van der Waals surface area contributed by atoms with Crippen molar-refractivity contribution in [1.82, 2.24) is 4.98 Å². The maximum Gasteiger partial charge on any atom is 0.157 e. The van der Waals surface area contributed by atoms with E-state index in [1.807, 2.05) is 18.3 Å². The van der Waals surface area contributed by atoms with Crippen LogP contribution in [0.2, 0.25) is 0 Å². The monoisotopic (exact) mass is 315 g/mol. The molecule has 0 bridgehead atoms. The Morgan fingerprint density at radius 3 is 2.96 bits per heavy atom. The van der Waals surface area contributed by atoms with E-state index in [-0.39, 0.29) is 12.9 Å². The zero-order valence-electron chi connectivity index (χ0n) is 13.5. The van der Waals surface area contributed by atoms with E-state index in [4.69, 9.17) is 9.47 Å². The Kier molecular flexibility index (Phi) is 5.97. The summed E-state index contributed by atoms with van der Waals surface area (Å²) >= 11 is 0. The number of hydrogen-bond acceptors (Lipinski definition) is 4. The van der Waals surface area contributed by atoms with Gasteiger partial charge in [-0.3, -0.25) is 4.98 Å². The van der Waals surface area contributed by atoms with Gasteiger partial charge < -0.3 is 14.6 Å². The van der Waals surface area contributed by atoms with Crippen molar-refractivity contribution >= 4 is 10.8 Å². The summed E-state index contributed by atoms with van der Waals surface area (Å²) in [5.41, 5.74) is 1.96. The third-order valence-corrected chi connectivity index (χ3v) is 4.41. The molecular weight excluding hydrogens is 290 g/mol. The number of fused-ring (bicyclic) bond motifs is 1. The molecule has 1 fully saturated rings. The zero-order valence-corrected chi connectivity index (χ0v) is 13.5. The van der Waals surface area contributed by atoms with Gasteiger partial charge in [0.2, 0.25) is 0 Å². The van der Waals surface area contributed by atoms with Crippen LogP contribution in [0.4, 0.5) is 0 Å². The summed E-state index contributed by atoms with van der Waals surface area (Å²) in [6.45, 7) is 1.55. The highest BCUT2D eigenvalue weighted by molar-refractivity contribution is 5.85. The van der Waals surface area contributed by atoms with E-state index >= 15 is 0 Å². The molecule has 3 rings (SSSR count). The Hall–Kier alpha value is -1.49. The second-order valence-electron chi connectivity index (χ2n) is 6.05. The Bertz CT molecular complexity index is 623. The topological polar surface area (TPSA) is 51.6 Å². The van der Waals surface area contributed by atoms with Gasteiger partial charge in [0, 0.05) is 24.8 Å². The molecule has 0 saturated carbocycles. The maximum atomic E-state index is 9.55. The number of benzene rings is 1. The van der Waals surface area contributed by atoms with Gasteiger partial charge in [0.25, 0.3) is 0 Å². The zero-order chi connectivity index (χ0) is 15.9. The average Bonchev–Trinajstić information content (AvgIpc) is 2.62. The van der Waals surface area contributed by atoms with E-state index in [0.29, 0.717) is 0 Å². The molecule has 1 aromatic carbocycles. The number of ether oxygens (including phenoxy) is 2. The van der Waals surface area contributed by atoms with Crippen LogP contribution in [-0.4, -0.2) is 29.6 Å². The van der Waals surface area contributed by atoms with Crippen LogP contribution in [0, 0.1) is 0 Å². The van der Waals surface area contributed by atoms with Crippen LogP contribution in [0.5, 0.6) is 0 Å². The summed E-state index contributed by atoms with van der Waals surface area (Å²) in [7, 11) is 0. The summed E-state index contributed by atoms with van der Waals surface area (Å²) < 4.78 is 11.3. The molecule has 124 valence electrons. The number of aryl methyl sites for hydroxylation is 1. The van der Waals surface area contributed by atoms with Gasteiger partial charge in [-0.2, -0.15) is 0 Å². The van der Waals surface area contributed by atoms with Crippen LogP contribution in [-0.2, 0) is 22.5 Å². The van der Waals surface area contributed by atoms with Crippen molar-refractivity contribution in [3.8, 4) is 0 Å². The van der Waals surface area contributed by atoms with E-state index in [0.717, 1.165) is 56.4 Å². The molecule has 1 saturated heterocycles. The number of hydrogen-bond donors (Lipinski definition) is 1. The molecule has 0 aliphatic carbocycles. The largest absolute Gasteiger partial charge is 0.390 e. The lowest BCUT2D eigenvalue weighted by Crippen LogP contribution is -2.22. The molecular formula is C19H25NO3. The van der Waals surface area contributed by atoms with Crippen LogP contribution in [0.25, 0.3) is 10.8 Å². The molecule has 1 aromatic heterocycles. The standard InChI is InChI=1S/C19H25NO3/c21-14-18-17(16-8-2-1-7-15(16)13-20-18)9-3-5-11-22-19-10-4-6-12-23-19/h1-2,7-8,13,19,21H,3-6,9-12,14H2. The Morgan fingerprint density at radius 1 is 1.22 bits per heavy atom. The van der Waals surface area contributed by atoms with E-state index in [1.165, 1.54) is 17.4 Å². The molecule has 1 unspecified atom stereocenters. The fraction of sp³-hybridized carbons (Fsp3) is 0.526. The predicted molar refractivity (Wildman–Crippen MR) is 90.1 cm³/mol. The number of nitrogens with zero attached hydrogens (tertiary/aromatic N) is 1. The molecule has 0 radical (unpaired) electrons. The van der Waals surface area contributed by atoms with Gasteiger partial charge in [0.15, 0.2) is 6.29 Å². The van der Waals surface area contributed by atoms with Crippen LogP contribution < -0.4 is 0 Å². The highest BCUT2D eigenvalue weighted by Gasteiger charge is 2.13. The van der Waals surface area contributed by atoms with Gasteiger partial charge in [-0.25, -0.2) is 0 Å². The van der Waals surface area contributed by atoms with Crippen LogP contribution in [0.3, 0.4) is 0 Å². The molecule has 4 heteroatoms. The van der Waals surface area contributed by atoms with Crippen LogP contribution in [0.1, 0.15) is 43.4 Å². The maximum absolute atomic E-state index is 9.55. The van der Waals surface area contributed by atoms with E-state index in [1.54, 1.807) is 0 Å². The third-order valence-electron chi connectivity index (χ3n) is 4.41. The smallest absolute Gasteiger partial charge is 0.157 e. The lowest BCUT2D eigenvalue weighted by Gasteiger charge is -2.22. The molecule has 1 aliphatic heterocycles.